The lowest BCUT2D eigenvalue weighted by Crippen LogP contribution is -2.43. The molecule has 3 heterocycles. The van der Waals surface area contributed by atoms with E-state index in [1.165, 1.54) is 32.1 Å². The van der Waals surface area contributed by atoms with Gasteiger partial charge in [-0.25, -0.2) is 9.97 Å². The van der Waals surface area contributed by atoms with Crippen molar-refractivity contribution in [3.05, 3.63) is 23.8 Å². The van der Waals surface area contributed by atoms with Gasteiger partial charge < -0.3 is 0 Å². The molecule has 24 heavy (non-hydrogen) atoms. The zero-order chi connectivity index (χ0) is 17.4. The first kappa shape index (κ1) is 17.6. The Labute approximate surface area is 141 Å². The fourth-order valence-corrected chi connectivity index (χ4v) is 4.70. The van der Waals surface area contributed by atoms with Crippen molar-refractivity contribution in [2.45, 2.75) is 76.6 Å². The molecule has 2 aliphatic heterocycles. The zero-order valence-corrected chi connectivity index (χ0v) is 14.4. The van der Waals surface area contributed by atoms with Gasteiger partial charge in [-0.1, -0.05) is 13.8 Å². The molecular formula is C18H26F3N3. The fraction of sp³-hybridized carbons (Fsp3) is 0.778. The van der Waals surface area contributed by atoms with Crippen LogP contribution >= 0.6 is 0 Å². The fourth-order valence-electron chi connectivity index (χ4n) is 4.70. The third-order valence-electron chi connectivity index (χ3n) is 5.56. The van der Waals surface area contributed by atoms with Crippen LogP contribution in [0.4, 0.5) is 13.2 Å². The average molecular weight is 341 g/mol. The molecule has 0 aliphatic carbocycles. The molecule has 0 radical (unpaired) electrons. The molecule has 0 spiro atoms. The number of hydrogen-bond donors (Lipinski definition) is 0. The van der Waals surface area contributed by atoms with Crippen LogP contribution in [0.25, 0.3) is 0 Å². The minimum atomic E-state index is -4.37. The van der Waals surface area contributed by atoms with E-state index < -0.39 is 11.7 Å². The SMILES string of the molecule is CC(C)CC12CCCN1C(CCc1ncc(C(F)(F)F)cn1)CC2. The average Bonchev–Trinajstić information content (AvgIpc) is 3.03. The Morgan fingerprint density at radius 2 is 1.96 bits per heavy atom. The number of hydrogen-bond acceptors (Lipinski definition) is 3. The van der Waals surface area contributed by atoms with Crippen LogP contribution in [0.3, 0.4) is 0 Å². The van der Waals surface area contributed by atoms with E-state index >= 15 is 0 Å². The van der Waals surface area contributed by atoms with Gasteiger partial charge in [0.1, 0.15) is 5.82 Å². The summed E-state index contributed by atoms with van der Waals surface area (Å²) in [6, 6.07) is 0.525. The van der Waals surface area contributed by atoms with Gasteiger partial charge in [-0.3, -0.25) is 4.90 Å². The van der Waals surface area contributed by atoms with Crippen LogP contribution in [0, 0.1) is 5.92 Å². The summed E-state index contributed by atoms with van der Waals surface area (Å²) < 4.78 is 37.7. The molecule has 1 aromatic rings. The van der Waals surface area contributed by atoms with Gasteiger partial charge in [-0.2, -0.15) is 13.2 Å². The van der Waals surface area contributed by atoms with E-state index in [9.17, 15) is 13.2 Å². The molecule has 3 nitrogen and oxygen atoms in total. The van der Waals surface area contributed by atoms with Gasteiger partial charge >= 0.3 is 6.18 Å². The Bertz CT molecular complexity index is 556. The van der Waals surface area contributed by atoms with Crippen molar-refractivity contribution < 1.29 is 13.2 Å². The van der Waals surface area contributed by atoms with Crippen LogP contribution in [0.5, 0.6) is 0 Å². The molecule has 2 fully saturated rings. The summed E-state index contributed by atoms with van der Waals surface area (Å²) in [5.41, 5.74) is -0.401. The minimum absolute atomic E-state index is 0.375. The van der Waals surface area contributed by atoms with E-state index in [1.54, 1.807) is 0 Å². The molecule has 0 saturated carbocycles. The number of aromatic nitrogens is 2. The summed E-state index contributed by atoms with van der Waals surface area (Å²) in [5, 5.41) is 0. The molecule has 0 amide bonds. The van der Waals surface area contributed by atoms with Gasteiger partial charge in [0.25, 0.3) is 0 Å². The van der Waals surface area contributed by atoms with Crippen LogP contribution in [0.1, 0.15) is 63.8 Å². The second-order valence-corrected chi connectivity index (χ2v) is 7.74. The lowest BCUT2D eigenvalue weighted by atomic mass is 9.85. The molecule has 0 aromatic carbocycles. The largest absolute Gasteiger partial charge is 0.419 e. The van der Waals surface area contributed by atoms with Crippen molar-refractivity contribution in [1.29, 1.82) is 0 Å². The number of aryl methyl sites for hydroxylation is 1. The molecule has 0 N–H and O–H groups in total. The first-order valence-corrected chi connectivity index (χ1v) is 8.95. The Kier molecular flexibility index (Phi) is 4.87. The maximum absolute atomic E-state index is 12.6. The molecule has 2 saturated heterocycles. The van der Waals surface area contributed by atoms with Gasteiger partial charge in [-0.15, -0.1) is 0 Å². The summed E-state index contributed by atoms with van der Waals surface area (Å²) >= 11 is 0. The number of halogens is 3. The van der Waals surface area contributed by atoms with Gasteiger partial charge in [0, 0.05) is 30.4 Å². The Balaban J connectivity index is 1.59. The standard InChI is InChI=1S/C18H26F3N3/c1-13(2)10-17-7-3-9-24(17)15(6-8-17)4-5-16-22-11-14(12-23-16)18(19,20)21/h11-13,15H,3-10H2,1-2H3. The predicted octanol–water partition coefficient (Wildman–Crippen LogP) is 4.47. The van der Waals surface area contributed by atoms with Crippen molar-refractivity contribution >= 4 is 0 Å². The van der Waals surface area contributed by atoms with E-state index in [-0.39, 0.29) is 0 Å². The molecule has 3 rings (SSSR count). The second-order valence-electron chi connectivity index (χ2n) is 7.74. The summed E-state index contributed by atoms with van der Waals surface area (Å²) in [4.78, 5) is 10.5. The monoisotopic (exact) mass is 341 g/mol. The molecule has 0 bridgehead atoms. The Morgan fingerprint density at radius 1 is 1.25 bits per heavy atom. The van der Waals surface area contributed by atoms with Crippen LogP contribution in [-0.2, 0) is 12.6 Å². The number of fused-ring (bicyclic) bond motifs is 1. The van der Waals surface area contributed by atoms with Gasteiger partial charge in [0.15, 0.2) is 0 Å². The molecule has 134 valence electrons. The summed E-state index contributed by atoms with van der Waals surface area (Å²) in [6.07, 6.45) is 5.26. The first-order valence-electron chi connectivity index (χ1n) is 8.95. The maximum atomic E-state index is 12.6. The molecule has 6 heteroatoms. The molecule has 2 aliphatic rings. The molecular weight excluding hydrogens is 315 g/mol. The van der Waals surface area contributed by atoms with Crippen molar-refractivity contribution in [2.24, 2.45) is 5.92 Å². The quantitative estimate of drug-likeness (QED) is 0.791. The van der Waals surface area contributed by atoms with Crippen molar-refractivity contribution in [2.75, 3.05) is 6.54 Å². The topological polar surface area (TPSA) is 29.0 Å². The minimum Gasteiger partial charge on any atom is -0.295 e. The third-order valence-corrected chi connectivity index (χ3v) is 5.56. The van der Waals surface area contributed by atoms with Crippen LogP contribution in [-0.4, -0.2) is 33.0 Å². The van der Waals surface area contributed by atoms with Crippen molar-refractivity contribution in [3.63, 3.8) is 0 Å². The normalized spacial score (nSPS) is 27.8. The smallest absolute Gasteiger partial charge is 0.295 e. The highest BCUT2D eigenvalue weighted by atomic mass is 19.4. The highest BCUT2D eigenvalue weighted by Crippen LogP contribution is 2.47. The first-order chi connectivity index (χ1) is 11.3. The van der Waals surface area contributed by atoms with Gasteiger partial charge in [0.2, 0.25) is 0 Å². The lowest BCUT2D eigenvalue weighted by molar-refractivity contribution is -0.138. The third kappa shape index (κ3) is 3.58. The van der Waals surface area contributed by atoms with Crippen LogP contribution < -0.4 is 0 Å². The summed E-state index contributed by atoms with van der Waals surface area (Å²) in [6.45, 7) is 5.73. The number of nitrogens with zero attached hydrogens (tertiary/aromatic N) is 3. The zero-order valence-electron chi connectivity index (χ0n) is 14.4. The van der Waals surface area contributed by atoms with E-state index in [0.717, 1.165) is 25.4 Å². The van der Waals surface area contributed by atoms with Gasteiger partial charge in [-0.05, 0) is 51.0 Å². The van der Waals surface area contributed by atoms with Crippen molar-refractivity contribution in [1.82, 2.24) is 14.9 Å². The predicted molar refractivity (Wildman–Crippen MR) is 86.5 cm³/mol. The molecule has 1 aromatic heterocycles. The van der Waals surface area contributed by atoms with E-state index in [0.29, 0.717) is 29.7 Å². The van der Waals surface area contributed by atoms with Crippen LogP contribution in [0.15, 0.2) is 12.4 Å². The number of alkyl halides is 3. The second kappa shape index (κ2) is 6.62. The maximum Gasteiger partial charge on any atom is 0.419 e. The Morgan fingerprint density at radius 3 is 2.58 bits per heavy atom. The van der Waals surface area contributed by atoms with Gasteiger partial charge in [0.05, 0.1) is 5.56 Å². The summed E-state index contributed by atoms with van der Waals surface area (Å²) in [7, 11) is 0. The highest BCUT2D eigenvalue weighted by molar-refractivity contribution is 5.10. The Hall–Kier alpha value is -1.17. The van der Waals surface area contributed by atoms with E-state index in [4.69, 9.17) is 0 Å². The van der Waals surface area contributed by atoms with Crippen LogP contribution in [0.2, 0.25) is 0 Å². The van der Waals surface area contributed by atoms with E-state index in [1.807, 2.05) is 0 Å². The van der Waals surface area contributed by atoms with E-state index in [2.05, 4.69) is 28.7 Å². The molecule has 2 unspecified atom stereocenters. The molecule has 2 atom stereocenters. The highest BCUT2D eigenvalue weighted by Gasteiger charge is 2.48. The summed E-state index contributed by atoms with van der Waals surface area (Å²) in [5.74, 6) is 1.21. The number of rotatable bonds is 5. The van der Waals surface area contributed by atoms with Crippen molar-refractivity contribution in [3.8, 4) is 0 Å². The lowest BCUT2D eigenvalue weighted by Gasteiger charge is -2.36.